The molecule has 1 atom stereocenters. The molecule has 0 aliphatic heterocycles. The van der Waals surface area contributed by atoms with Crippen LogP contribution in [-0.4, -0.2) is 30.4 Å². The van der Waals surface area contributed by atoms with Crippen molar-refractivity contribution in [1.82, 2.24) is 5.32 Å². The van der Waals surface area contributed by atoms with Gasteiger partial charge in [0.2, 0.25) is 0 Å². The molecule has 0 radical (unpaired) electrons. The highest BCUT2D eigenvalue weighted by Crippen LogP contribution is 2.30. The van der Waals surface area contributed by atoms with Gasteiger partial charge in [0, 0.05) is 6.04 Å². The van der Waals surface area contributed by atoms with Gasteiger partial charge in [-0.1, -0.05) is 30.3 Å². The van der Waals surface area contributed by atoms with Crippen molar-refractivity contribution in [3.63, 3.8) is 0 Å². The summed E-state index contributed by atoms with van der Waals surface area (Å²) in [4.78, 5) is 0. The van der Waals surface area contributed by atoms with Gasteiger partial charge < -0.3 is 15.2 Å². The predicted molar refractivity (Wildman–Crippen MR) is 72.3 cm³/mol. The first-order chi connectivity index (χ1) is 8.78. The van der Waals surface area contributed by atoms with Crippen molar-refractivity contribution < 1.29 is 9.84 Å². The maximum absolute atomic E-state index is 8.91. The van der Waals surface area contributed by atoms with Crippen LogP contribution in [0.15, 0.2) is 30.3 Å². The maximum atomic E-state index is 8.91. The molecule has 0 bridgehead atoms. The number of aliphatic hydroxyl groups is 1. The summed E-state index contributed by atoms with van der Waals surface area (Å²) in [6.07, 6.45) is 2.69. The van der Waals surface area contributed by atoms with E-state index in [0.717, 1.165) is 26.0 Å². The highest BCUT2D eigenvalue weighted by molar-refractivity contribution is 5.13. The van der Waals surface area contributed by atoms with Crippen molar-refractivity contribution >= 4 is 0 Å². The first kappa shape index (κ1) is 13.5. The van der Waals surface area contributed by atoms with Crippen LogP contribution in [0.5, 0.6) is 0 Å². The second-order valence-corrected chi connectivity index (χ2v) is 5.25. The van der Waals surface area contributed by atoms with Gasteiger partial charge in [-0.25, -0.2) is 0 Å². The molecule has 1 aromatic carbocycles. The second-order valence-electron chi connectivity index (χ2n) is 5.25. The summed E-state index contributed by atoms with van der Waals surface area (Å²) in [7, 11) is 0. The van der Waals surface area contributed by atoms with Gasteiger partial charge in [-0.2, -0.15) is 0 Å². The zero-order valence-corrected chi connectivity index (χ0v) is 11.0. The Morgan fingerprint density at radius 1 is 1.33 bits per heavy atom. The zero-order valence-electron chi connectivity index (χ0n) is 11.0. The van der Waals surface area contributed by atoms with E-state index in [2.05, 4.69) is 17.4 Å². The van der Waals surface area contributed by atoms with Crippen LogP contribution < -0.4 is 5.32 Å². The van der Waals surface area contributed by atoms with E-state index in [1.165, 1.54) is 5.56 Å². The first-order valence-corrected chi connectivity index (χ1v) is 6.77. The third kappa shape index (κ3) is 4.09. The van der Waals surface area contributed by atoms with Crippen molar-refractivity contribution in [2.24, 2.45) is 5.92 Å². The van der Waals surface area contributed by atoms with E-state index >= 15 is 0 Å². The summed E-state index contributed by atoms with van der Waals surface area (Å²) >= 11 is 0. The molecular weight excluding hydrogens is 226 g/mol. The molecule has 3 heteroatoms. The van der Waals surface area contributed by atoms with Crippen LogP contribution in [0.4, 0.5) is 0 Å². The van der Waals surface area contributed by atoms with E-state index < -0.39 is 0 Å². The molecule has 0 heterocycles. The van der Waals surface area contributed by atoms with E-state index in [-0.39, 0.29) is 12.6 Å². The molecule has 0 aromatic heterocycles. The molecule has 1 saturated carbocycles. The van der Waals surface area contributed by atoms with Gasteiger partial charge in [-0.15, -0.1) is 0 Å². The largest absolute Gasteiger partial charge is 0.395 e. The molecule has 18 heavy (non-hydrogen) atoms. The number of benzene rings is 1. The molecule has 1 aliphatic carbocycles. The maximum Gasteiger partial charge on any atom is 0.0720 e. The van der Waals surface area contributed by atoms with Crippen molar-refractivity contribution in [3.8, 4) is 0 Å². The van der Waals surface area contributed by atoms with Gasteiger partial charge in [0.1, 0.15) is 0 Å². The van der Waals surface area contributed by atoms with Crippen LogP contribution in [0.3, 0.4) is 0 Å². The smallest absolute Gasteiger partial charge is 0.0720 e. The number of rotatable bonds is 7. The van der Waals surface area contributed by atoms with E-state index in [1.807, 2.05) is 25.1 Å². The molecule has 100 valence electrons. The Morgan fingerprint density at radius 3 is 2.72 bits per heavy atom. The summed E-state index contributed by atoms with van der Waals surface area (Å²) in [6.45, 7) is 3.92. The lowest BCUT2D eigenvalue weighted by Crippen LogP contribution is -2.41. The molecule has 1 fully saturated rings. The normalized spacial score (nSPS) is 24.6. The van der Waals surface area contributed by atoms with Gasteiger partial charge >= 0.3 is 0 Å². The number of ether oxygens (including phenoxy) is 1. The van der Waals surface area contributed by atoms with Crippen LogP contribution in [0, 0.1) is 5.92 Å². The Balaban J connectivity index is 1.56. The topological polar surface area (TPSA) is 41.5 Å². The quantitative estimate of drug-likeness (QED) is 0.776. The molecule has 0 spiro atoms. The molecular formula is C15H23NO2. The van der Waals surface area contributed by atoms with Gasteiger partial charge in [0.05, 0.1) is 19.3 Å². The number of hydrogen-bond donors (Lipinski definition) is 2. The highest BCUT2D eigenvalue weighted by Gasteiger charge is 2.29. The van der Waals surface area contributed by atoms with Crippen LogP contribution in [0.2, 0.25) is 0 Å². The summed E-state index contributed by atoms with van der Waals surface area (Å²) in [5.41, 5.74) is 1.24. The van der Waals surface area contributed by atoms with E-state index in [9.17, 15) is 0 Å². The van der Waals surface area contributed by atoms with Gasteiger partial charge in [0.25, 0.3) is 0 Å². The Labute approximate surface area is 109 Å². The zero-order chi connectivity index (χ0) is 12.8. The monoisotopic (exact) mass is 249 g/mol. The van der Waals surface area contributed by atoms with Crippen molar-refractivity contribution in [2.45, 2.75) is 38.5 Å². The summed E-state index contributed by atoms with van der Waals surface area (Å²) in [5, 5.41) is 12.2. The van der Waals surface area contributed by atoms with Crippen molar-refractivity contribution in [3.05, 3.63) is 35.9 Å². The molecule has 1 aromatic rings. The van der Waals surface area contributed by atoms with Crippen LogP contribution >= 0.6 is 0 Å². The summed E-state index contributed by atoms with van der Waals surface area (Å²) in [5.74, 6) is 0.708. The fourth-order valence-electron chi connectivity index (χ4n) is 2.20. The fraction of sp³-hybridized carbons (Fsp3) is 0.600. The Hall–Kier alpha value is -0.900. The number of aliphatic hydroxyl groups excluding tert-OH is 1. The average molecular weight is 249 g/mol. The van der Waals surface area contributed by atoms with Gasteiger partial charge in [0.15, 0.2) is 0 Å². The third-order valence-corrected chi connectivity index (χ3v) is 3.55. The summed E-state index contributed by atoms with van der Waals surface area (Å²) in [6, 6.07) is 10.5. The average Bonchev–Trinajstić information content (AvgIpc) is 2.37. The van der Waals surface area contributed by atoms with Crippen molar-refractivity contribution in [1.29, 1.82) is 0 Å². The van der Waals surface area contributed by atoms with Gasteiger partial charge in [-0.05, 0) is 37.8 Å². The van der Waals surface area contributed by atoms with E-state index in [0.29, 0.717) is 12.0 Å². The summed E-state index contributed by atoms with van der Waals surface area (Å²) < 4.78 is 5.85. The fourth-order valence-corrected chi connectivity index (χ4v) is 2.20. The molecule has 2 N–H and O–H groups in total. The second kappa shape index (κ2) is 6.88. The Bertz CT molecular complexity index is 336. The van der Waals surface area contributed by atoms with E-state index in [4.69, 9.17) is 9.84 Å². The minimum absolute atomic E-state index is 0.203. The lowest BCUT2D eigenvalue weighted by molar-refractivity contribution is -0.0402. The third-order valence-electron chi connectivity index (χ3n) is 3.55. The van der Waals surface area contributed by atoms with E-state index in [1.54, 1.807) is 0 Å². The highest BCUT2D eigenvalue weighted by atomic mass is 16.5. The molecule has 2 rings (SSSR count). The van der Waals surface area contributed by atoms with Crippen molar-refractivity contribution in [2.75, 3.05) is 13.2 Å². The van der Waals surface area contributed by atoms with Crippen LogP contribution in [0.25, 0.3) is 0 Å². The van der Waals surface area contributed by atoms with Crippen LogP contribution in [0.1, 0.15) is 25.3 Å². The Kier molecular flexibility index (Phi) is 5.17. The molecule has 1 aliphatic rings. The first-order valence-electron chi connectivity index (χ1n) is 6.77. The lowest BCUT2D eigenvalue weighted by atomic mass is 9.82. The minimum Gasteiger partial charge on any atom is -0.395 e. The standard InChI is InChI=1S/C15H23NO2/c1-12(10-17)16-9-14-7-15(8-14)18-11-13-5-3-2-4-6-13/h2-6,12,14-17H,7-11H2,1H3. The minimum atomic E-state index is 0.203. The molecule has 3 nitrogen and oxygen atoms in total. The molecule has 1 unspecified atom stereocenters. The number of nitrogens with one attached hydrogen (secondary N) is 1. The Morgan fingerprint density at radius 2 is 2.06 bits per heavy atom. The SMILES string of the molecule is CC(CO)NCC1CC(OCc2ccccc2)C1. The van der Waals surface area contributed by atoms with Crippen LogP contribution in [-0.2, 0) is 11.3 Å². The lowest BCUT2D eigenvalue weighted by Gasteiger charge is -2.35. The predicted octanol–water partition coefficient (Wildman–Crippen LogP) is 1.95. The van der Waals surface area contributed by atoms with Gasteiger partial charge in [-0.3, -0.25) is 0 Å². The number of hydrogen-bond acceptors (Lipinski definition) is 3. The molecule has 0 saturated heterocycles. The molecule has 0 amide bonds.